The Morgan fingerprint density at radius 3 is 2.84 bits per heavy atom. The van der Waals surface area contributed by atoms with E-state index in [0.717, 1.165) is 5.56 Å². The van der Waals surface area contributed by atoms with Gasteiger partial charge < -0.3 is 9.84 Å². The first-order valence-corrected chi connectivity index (χ1v) is 10.0. The van der Waals surface area contributed by atoms with Crippen LogP contribution in [0.15, 0.2) is 64.2 Å². The highest BCUT2D eigenvalue weighted by Gasteiger charge is 2.17. The molecule has 31 heavy (non-hydrogen) atoms. The molecule has 0 bridgehead atoms. The second kappa shape index (κ2) is 9.09. The van der Waals surface area contributed by atoms with Gasteiger partial charge in [0.15, 0.2) is 0 Å². The fraction of sp³-hybridized carbons (Fsp3) is 0.182. The van der Waals surface area contributed by atoms with Crippen molar-refractivity contribution in [3.05, 3.63) is 81.6 Å². The van der Waals surface area contributed by atoms with Crippen molar-refractivity contribution in [2.75, 3.05) is 6.54 Å². The molecule has 0 radical (unpaired) electrons. The van der Waals surface area contributed by atoms with Crippen LogP contribution < -0.4 is 10.9 Å². The van der Waals surface area contributed by atoms with Gasteiger partial charge in [-0.05, 0) is 30.2 Å². The molecule has 0 aliphatic rings. The maximum atomic E-state index is 13.6. The lowest BCUT2D eigenvalue weighted by Gasteiger charge is -2.08. The minimum absolute atomic E-state index is 0.0599. The highest BCUT2D eigenvalue weighted by Crippen LogP contribution is 2.24. The highest BCUT2D eigenvalue weighted by molar-refractivity contribution is 6.31. The molecule has 1 amide bonds. The summed E-state index contributed by atoms with van der Waals surface area (Å²) in [7, 11) is 0. The second-order valence-electron chi connectivity index (χ2n) is 6.91. The Hall–Kier alpha value is -3.52. The van der Waals surface area contributed by atoms with Gasteiger partial charge in [-0.3, -0.25) is 14.2 Å². The quantitative estimate of drug-likeness (QED) is 0.474. The molecule has 9 heteroatoms. The molecule has 2 aromatic carbocycles. The molecule has 2 heterocycles. The van der Waals surface area contributed by atoms with Crippen molar-refractivity contribution >= 4 is 28.6 Å². The smallest absolute Gasteiger partial charge is 0.266 e. The number of aryl methyl sites for hydroxylation is 1. The molecule has 0 spiro atoms. The minimum atomic E-state index is -0.452. The number of hydrogen-bond donors (Lipinski definition) is 1. The predicted molar refractivity (Wildman–Crippen MR) is 114 cm³/mol. The lowest BCUT2D eigenvalue weighted by Crippen LogP contribution is -2.29. The monoisotopic (exact) mass is 440 g/mol. The van der Waals surface area contributed by atoms with Crippen LogP contribution in [0.5, 0.6) is 0 Å². The molecule has 1 N–H and O–H groups in total. The third-order valence-corrected chi connectivity index (χ3v) is 5.18. The Labute approximate surface area is 181 Å². The Morgan fingerprint density at radius 1 is 1.19 bits per heavy atom. The van der Waals surface area contributed by atoms with E-state index in [1.807, 2.05) is 18.2 Å². The Kier molecular flexibility index (Phi) is 6.08. The van der Waals surface area contributed by atoms with Gasteiger partial charge in [-0.25, -0.2) is 9.37 Å². The van der Waals surface area contributed by atoms with Crippen molar-refractivity contribution in [3.8, 4) is 11.3 Å². The average molecular weight is 441 g/mol. The largest absolute Gasteiger partial charge is 0.356 e. The van der Waals surface area contributed by atoms with Crippen LogP contribution in [0.1, 0.15) is 12.0 Å². The number of nitrogens with zero attached hydrogens (tertiary/aromatic N) is 3. The fourth-order valence-electron chi connectivity index (χ4n) is 3.22. The van der Waals surface area contributed by atoms with Crippen molar-refractivity contribution in [2.24, 2.45) is 0 Å². The highest BCUT2D eigenvalue weighted by atomic mass is 35.5. The zero-order valence-corrected chi connectivity index (χ0v) is 17.1. The molecular formula is C22H18ClFN4O3. The topological polar surface area (TPSA) is 90.0 Å². The molecule has 0 atom stereocenters. The van der Waals surface area contributed by atoms with Crippen LogP contribution >= 0.6 is 11.6 Å². The lowest BCUT2D eigenvalue weighted by atomic mass is 10.1. The molecule has 4 aromatic rings. The van der Waals surface area contributed by atoms with Crippen LogP contribution in [0.2, 0.25) is 5.02 Å². The van der Waals surface area contributed by atoms with Gasteiger partial charge in [0.2, 0.25) is 5.91 Å². The van der Waals surface area contributed by atoms with Crippen LogP contribution in [0.3, 0.4) is 0 Å². The van der Waals surface area contributed by atoms with Crippen molar-refractivity contribution in [3.63, 3.8) is 0 Å². The van der Waals surface area contributed by atoms with E-state index in [9.17, 15) is 14.0 Å². The van der Waals surface area contributed by atoms with Crippen molar-refractivity contribution in [2.45, 2.75) is 19.4 Å². The third kappa shape index (κ3) is 4.64. The summed E-state index contributed by atoms with van der Waals surface area (Å²) in [5, 5.41) is 7.49. The lowest BCUT2D eigenvalue weighted by molar-refractivity contribution is -0.121. The average Bonchev–Trinajstić information content (AvgIpc) is 3.20. The number of halogens is 2. The van der Waals surface area contributed by atoms with Gasteiger partial charge in [0.25, 0.3) is 11.3 Å². The third-order valence-electron chi connectivity index (χ3n) is 4.82. The Balaban J connectivity index is 1.43. The summed E-state index contributed by atoms with van der Waals surface area (Å²) in [6.07, 6.45) is 2.01. The molecule has 0 saturated carbocycles. The number of carbonyl (C=O) groups is 1. The maximum absolute atomic E-state index is 13.6. The van der Waals surface area contributed by atoms with Crippen molar-refractivity contribution < 1.29 is 13.7 Å². The van der Waals surface area contributed by atoms with E-state index < -0.39 is 11.4 Å². The Morgan fingerprint density at radius 2 is 2.03 bits per heavy atom. The number of aromatic nitrogens is 3. The summed E-state index contributed by atoms with van der Waals surface area (Å²) >= 11 is 6.11. The van der Waals surface area contributed by atoms with Crippen LogP contribution in [0.25, 0.3) is 22.4 Å². The van der Waals surface area contributed by atoms with Gasteiger partial charge >= 0.3 is 0 Å². The molecule has 0 saturated heterocycles. The number of hydrogen-bond acceptors (Lipinski definition) is 5. The zero-order chi connectivity index (χ0) is 21.8. The van der Waals surface area contributed by atoms with E-state index >= 15 is 0 Å². The molecule has 0 aliphatic heterocycles. The van der Waals surface area contributed by atoms with Gasteiger partial charge in [-0.1, -0.05) is 47.1 Å². The van der Waals surface area contributed by atoms with E-state index in [1.165, 1.54) is 29.1 Å². The molecule has 0 fully saturated rings. The summed E-state index contributed by atoms with van der Waals surface area (Å²) in [5.74, 6) is -0.652. The Bertz CT molecular complexity index is 1300. The van der Waals surface area contributed by atoms with Gasteiger partial charge in [0.1, 0.15) is 23.2 Å². The van der Waals surface area contributed by atoms with Crippen molar-refractivity contribution in [1.29, 1.82) is 0 Å². The molecule has 7 nitrogen and oxygen atoms in total. The van der Waals surface area contributed by atoms with E-state index in [4.69, 9.17) is 16.1 Å². The molecule has 4 rings (SSSR count). The summed E-state index contributed by atoms with van der Waals surface area (Å²) in [6, 6.07) is 13.2. The molecule has 158 valence electrons. The van der Waals surface area contributed by atoms with E-state index in [2.05, 4.69) is 15.5 Å². The second-order valence-corrected chi connectivity index (χ2v) is 7.31. The summed E-state index contributed by atoms with van der Waals surface area (Å²) in [6.45, 7) is 0.567. The maximum Gasteiger partial charge on any atom is 0.266 e. The molecule has 0 aliphatic carbocycles. The van der Waals surface area contributed by atoms with E-state index in [0.29, 0.717) is 23.6 Å². The van der Waals surface area contributed by atoms with E-state index in [-0.39, 0.29) is 35.7 Å². The summed E-state index contributed by atoms with van der Waals surface area (Å²) in [4.78, 5) is 29.2. The van der Waals surface area contributed by atoms with Gasteiger partial charge in [-0.15, -0.1) is 0 Å². The van der Waals surface area contributed by atoms with Gasteiger partial charge in [-0.2, -0.15) is 0 Å². The number of amides is 1. The van der Waals surface area contributed by atoms with E-state index in [1.54, 1.807) is 12.1 Å². The summed E-state index contributed by atoms with van der Waals surface area (Å²) < 4.78 is 20.0. The van der Waals surface area contributed by atoms with Crippen LogP contribution in [0, 0.1) is 5.82 Å². The first-order valence-electron chi connectivity index (χ1n) is 9.64. The predicted octanol–water partition coefficient (Wildman–Crippen LogP) is 3.59. The van der Waals surface area contributed by atoms with Gasteiger partial charge in [0.05, 0.1) is 0 Å². The fourth-order valence-corrected chi connectivity index (χ4v) is 3.45. The minimum Gasteiger partial charge on any atom is -0.356 e. The molecule has 2 aromatic heterocycles. The van der Waals surface area contributed by atoms with Gasteiger partial charge in [0, 0.05) is 30.1 Å². The number of carbonyl (C=O) groups excluding carboxylic acids is 1. The standard InChI is InChI=1S/C22H18ClFN4O3/c23-17-7-2-1-4-14(17)8-10-25-18(29)9-11-28-13-26-21-19(22(28)30)20(27-31-21)15-5-3-6-16(24)12-15/h1-7,12-13H,8-11H2,(H,25,29). The molecular weight excluding hydrogens is 423 g/mol. The zero-order valence-electron chi connectivity index (χ0n) is 16.3. The summed E-state index contributed by atoms with van der Waals surface area (Å²) in [5.41, 5.74) is 1.23. The SMILES string of the molecule is O=C(CCn1cnc2onc(-c3cccc(F)c3)c2c1=O)NCCc1ccccc1Cl. The number of benzene rings is 2. The first kappa shape index (κ1) is 20.7. The number of nitrogens with one attached hydrogen (secondary N) is 1. The van der Waals surface area contributed by atoms with Crippen LogP contribution in [0.4, 0.5) is 4.39 Å². The number of fused-ring (bicyclic) bond motifs is 1. The molecule has 0 unspecified atom stereocenters. The number of rotatable bonds is 7. The van der Waals surface area contributed by atoms with Crippen LogP contribution in [-0.4, -0.2) is 27.2 Å². The normalized spacial score (nSPS) is 11.0. The first-order chi connectivity index (χ1) is 15.0. The van der Waals surface area contributed by atoms with Crippen LogP contribution in [-0.2, 0) is 17.8 Å². The van der Waals surface area contributed by atoms with Crippen molar-refractivity contribution in [1.82, 2.24) is 20.0 Å².